The lowest BCUT2D eigenvalue weighted by Gasteiger charge is -2.30. The summed E-state index contributed by atoms with van der Waals surface area (Å²) in [6, 6.07) is 7.36. The van der Waals surface area contributed by atoms with Gasteiger partial charge in [-0.15, -0.1) is 0 Å². The molecule has 1 aromatic rings. The Morgan fingerprint density at radius 1 is 1.17 bits per heavy atom. The van der Waals surface area contributed by atoms with Gasteiger partial charge >= 0.3 is 0 Å². The molecule has 0 unspecified atom stereocenters. The van der Waals surface area contributed by atoms with E-state index in [2.05, 4.69) is 12.2 Å². The highest BCUT2D eigenvalue weighted by Crippen LogP contribution is 2.34. The lowest BCUT2D eigenvalue weighted by molar-refractivity contribution is -0.135. The quantitative estimate of drug-likeness (QED) is 0.802. The number of hydrogen-bond acceptors (Lipinski definition) is 2. The first-order valence-electron chi connectivity index (χ1n) is 9.01. The molecule has 2 aliphatic heterocycles. The first kappa shape index (κ1) is 15.4. The van der Waals surface area contributed by atoms with Gasteiger partial charge in [-0.05, 0) is 42.7 Å². The van der Waals surface area contributed by atoms with Gasteiger partial charge < -0.3 is 9.80 Å². The van der Waals surface area contributed by atoms with E-state index in [0.29, 0.717) is 24.8 Å². The standard InChI is InChI=1S/C20H24N2O2/c1-2-18(22-13-16-9-5-6-10-17(16)19(22)23)20(24)21-11-14-7-3-4-8-15(14)12-21/h3-6,9-10,14-15,18H,2,7-8,11-13H2,1H3/t14-,15+,18-/m0/s1. The SMILES string of the molecule is CC[C@@H](C(=O)N1C[C@H]2CC=CC[C@H]2C1)N1Cc2ccccc2C1=O. The summed E-state index contributed by atoms with van der Waals surface area (Å²) in [7, 11) is 0. The molecule has 0 spiro atoms. The van der Waals surface area contributed by atoms with Gasteiger partial charge in [-0.25, -0.2) is 0 Å². The number of allylic oxidation sites excluding steroid dienone is 2. The van der Waals surface area contributed by atoms with Crippen LogP contribution in [0.3, 0.4) is 0 Å². The maximum absolute atomic E-state index is 13.1. The molecule has 2 amide bonds. The van der Waals surface area contributed by atoms with Crippen LogP contribution in [0.5, 0.6) is 0 Å². The summed E-state index contributed by atoms with van der Waals surface area (Å²) in [5.41, 5.74) is 1.79. The van der Waals surface area contributed by atoms with Crippen LogP contribution in [-0.2, 0) is 11.3 Å². The van der Waals surface area contributed by atoms with E-state index in [9.17, 15) is 9.59 Å². The number of carbonyl (C=O) groups is 2. The van der Waals surface area contributed by atoms with E-state index in [0.717, 1.165) is 37.1 Å². The lowest BCUT2D eigenvalue weighted by Crippen LogP contribution is -2.48. The molecule has 3 aliphatic rings. The third kappa shape index (κ3) is 2.45. The minimum absolute atomic E-state index is 0.00378. The molecule has 4 heteroatoms. The van der Waals surface area contributed by atoms with Crippen molar-refractivity contribution in [1.29, 1.82) is 0 Å². The van der Waals surface area contributed by atoms with Crippen LogP contribution in [0.15, 0.2) is 36.4 Å². The maximum atomic E-state index is 13.1. The van der Waals surface area contributed by atoms with Crippen LogP contribution in [0.2, 0.25) is 0 Å². The molecule has 4 nitrogen and oxygen atoms in total. The molecule has 0 radical (unpaired) electrons. The van der Waals surface area contributed by atoms with Gasteiger partial charge in [0, 0.05) is 25.2 Å². The minimum Gasteiger partial charge on any atom is -0.340 e. The third-order valence-corrected chi connectivity index (χ3v) is 5.83. The highest BCUT2D eigenvalue weighted by molar-refractivity contribution is 6.01. The van der Waals surface area contributed by atoms with E-state index in [-0.39, 0.29) is 17.9 Å². The lowest BCUT2D eigenvalue weighted by atomic mass is 9.86. The van der Waals surface area contributed by atoms with Crippen LogP contribution in [0.25, 0.3) is 0 Å². The molecule has 1 aliphatic carbocycles. The topological polar surface area (TPSA) is 40.6 Å². The molecule has 0 aromatic heterocycles. The number of amides is 2. The van der Waals surface area contributed by atoms with Crippen molar-refractivity contribution in [3.63, 3.8) is 0 Å². The van der Waals surface area contributed by atoms with Gasteiger partial charge in [0.2, 0.25) is 5.91 Å². The number of hydrogen-bond donors (Lipinski definition) is 0. The first-order chi connectivity index (χ1) is 11.7. The molecule has 126 valence electrons. The summed E-state index contributed by atoms with van der Waals surface area (Å²) in [5, 5.41) is 0. The van der Waals surface area contributed by atoms with Gasteiger partial charge in [0.05, 0.1) is 0 Å². The molecule has 1 saturated heterocycles. The Morgan fingerprint density at radius 3 is 2.46 bits per heavy atom. The molecule has 3 atom stereocenters. The van der Waals surface area contributed by atoms with Crippen molar-refractivity contribution in [2.45, 2.75) is 38.8 Å². The monoisotopic (exact) mass is 324 g/mol. The highest BCUT2D eigenvalue weighted by atomic mass is 16.2. The largest absolute Gasteiger partial charge is 0.340 e. The van der Waals surface area contributed by atoms with Crippen LogP contribution in [0.4, 0.5) is 0 Å². The number of benzene rings is 1. The zero-order valence-corrected chi connectivity index (χ0v) is 14.1. The number of rotatable bonds is 3. The summed E-state index contributed by atoms with van der Waals surface area (Å²) >= 11 is 0. The summed E-state index contributed by atoms with van der Waals surface area (Å²) < 4.78 is 0. The van der Waals surface area contributed by atoms with Gasteiger partial charge in [-0.1, -0.05) is 37.3 Å². The van der Waals surface area contributed by atoms with Crippen LogP contribution in [0, 0.1) is 11.8 Å². The van der Waals surface area contributed by atoms with Gasteiger partial charge in [0.25, 0.3) is 5.91 Å². The first-order valence-corrected chi connectivity index (χ1v) is 9.01. The van der Waals surface area contributed by atoms with Crippen molar-refractivity contribution in [3.05, 3.63) is 47.5 Å². The zero-order chi connectivity index (χ0) is 16.7. The number of fused-ring (bicyclic) bond motifs is 2. The molecule has 0 bridgehead atoms. The molecular weight excluding hydrogens is 300 g/mol. The predicted octanol–water partition coefficient (Wildman–Crippen LogP) is 2.85. The number of nitrogens with zero attached hydrogens (tertiary/aromatic N) is 2. The molecule has 1 aromatic carbocycles. The molecule has 4 rings (SSSR count). The molecule has 0 N–H and O–H groups in total. The summed E-state index contributed by atoms with van der Waals surface area (Å²) in [5.74, 6) is 1.34. The average Bonchev–Trinajstić information content (AvgIpc) is 3.18. The Balaban J connectivity index is 1.50. The van der Waals surface area contributed by atoms with Crippen LogP contribution >= 0.6 is 0 Å². The van der Waals surface area contributed by atoms with Crippen molar-refractivity contribution in [3.8, 4) is 0 Å². The Bertz CT molecular complexity index is 681. The fourth-order valence-electron chi connectivity index (χ4n) is 4.46. The Labute approximate surface area is 143 Å². The van der Waals surface area contributed by atoms with E-state index in [1.165, 1.54) is 0 Å². The van der Waals surface area contributed by atoms with Gasteiger partial charge in [-0.3, -0.25) is 9.59 Å². The Hall–Kier alpha value is -2.10. The fraction of sp³-hybridized carbons (Fsp3) is 0.500. The summed E-state index contributed by atoms with van der Waals surface area (Å²) in [6.45, 7) is 4.25. The van der Waals surface area contributed by atoms with Crippen molar-refractivity contribution >= 4 is 11.8 Å². The minimum atomic E-state index is -0.335. The molecule has 24 heavy (non-hydrogen) atoms. The van der Waals surface area contributed by atoms with Crippen LogP contribution in [0.1, 0.15) is 42.1 Å². The van der Waals surface area contributed by atoms with E-state index >= 15 is 0 Å². The molecule has 0 saturated carbocycles. The van der Waals surface area contributed by atoms with E-state index in [1.807, 2.05) is 36.1 Å². The smallest absolute Gasteiger partial charge is 0.255 e. The van der Waals surface area contributed by atoms with E-state index < -0.39 is 0 Å². The van der Waals surface area contributed by atoms with Gasteiger partial charge in [-0.2, -0.15) is 0 Å². The average molecular weight is 324 g/mol. The van der Waals surface area contributed by atoms with Gasteiger partial charge in [0.1, 0.15) is 6.04 Å². The third-order valence-electron chi connectivity index (χ3n) is 5.83. The Morgan fingerprint density at radius 2 is 1.83 bits per heavy atom. The second-order valence-corrected chi connectivity index (χ2v) is 7.22. The normalized spacial score (nSPS) is 26.5. The second kappa shape index (κ2) is 6.08. The van der Waals surface area contributed by atoms with Crippen molar-refractivity contribution in [2.24, 2.45) is 11.8 Å². The molecule has 2 heterocycles. The zero-order valence-electron chi connectivity index (χ0n) is 14.1. The van der Waals surface area contributed by atoms with Crippen LogP contribution in [-0.4, -0.2) is 40.7 Å². The van der Waals surface area contributed by atoms with Crippen molar-refractivity contribution in [2.75, 3.05) is 13.1 Å². The maximum Gasteiger partial charge on any atom is 0.255 e. The molecule has 1 fully saturated rings. The fourth-order valence-corrected chi connectivity index (χ4v) is 4.46. The summed E-state index contributed by atoms with van der Waals surface area (Å²) in [4.78, 5) is 29.6. The second-order valence-electron chi connectivity index (χ2n) is 7.22. The predicted molar refractivity (Wildman–Crippen MR) is 92.3 cm³/mol. The van der Waals surface area contributed by atoms with Gasteiger partial charge in [0.15, 0.2) is 0 Å². The molecular formula is C20H24N2O2. The number of carbonyl (C=O) groups excluding carboxylic acids is 2. The van der Waals surface area contributed by atoms with E-state index in [4.69, 9.17) is 0 Å². The summed E-state index contributed by atoms with van der Waals surface area (Å²) in [6.07, 6.45) is 7.32. The highest BCUT2D eigenvalue weighted by Gasteiger charge is 2.41. The van der Waals surface area contributed by atoms with Crippen LogP contribution < -0.4 is 0 Å². The van der Waals surface area contributed by atoms with Crippen molar-refractivity contribution < 1.29 is 9.59 Å². The van der Waals surface area contributed by atoms with E-state index in [1.54, 1.807) is 4.90 Å². The number of likely N-dealkylation sites (tertiary alicyclic amines) is 1. The Kier molecular flexibility index (Phi) is 3.91. The van der Waals surface area contributed by atoms with Crippen molar-refractivity contribution in [1.82, 2.24) is 9.80 Å².